The molecule has 0 fully saturated rings. The van der Waals surface area contributed by atoms with Gasteiger partial charge < -0.3 is 9.52 Å². The van der Waals surface area contributed by atoms with Gasteiger partial charge in [0.1, 0.15) is 5.76 Å². The van der Waals surface area contributed by atoms with Gasteiger partial charge in [0.15, 0.2) is 5.82 Å². The second-order valence-electron chi connectivity index (χ2n) is 6.06. The van der Waals surface area contributed by atoms with E-state index in [4.69, 9.17) is 14.5 Å². The number of rotatable bonds is 4. The first kappa shape index (κ1) is 15.5. The molecule has 4 rings (SSSR count). The van der Waals surface area contributed by atoms with Gasteiger partial charge in [-0.25, -0.2) is 14.8 Å². The summed E-state index contributed by atoms with van der Waals surface area (Å²) in [5.74, 6) is 0.341. The first-order chi connectivity index (χ1) is 12.2. The van der Waals surface area contributed by atoms with Crippen LogP contribution >= 0.6 is 0 Å². The van der Waals surface area contributed by atoms with Crippen molar-refractivity contribution in [2.45, 2.75) is 19.5 Å². The summed E-state index contributed by atoms with van der Waals surface area (Å²) < 4.78 is 5.34. The van der Waals surface area contributed by atoms with Gasteiger partial charge in [-0.2, -0.15) is 0 Å². The van der Waals surface area contributed by atoms with Crippen molar-refractivity contribution in [3.05, 3.63) is 71.4 Å². The third-order valence-corrected chi connectivity index (χ3v) is 4.30. The Kier molecular flexibility index (Phi) is 4.03. The zero-order chi connectivity index (χ0) is 17.2. The number of hydrogen-bond donors (Lipinski definition) is 1. The smallest absolute Gasteiger partial charge is 0.371 e. The molecule has 0 radical (unpaired) electrons. The first-order valence-electron chi connectivity index (χ1n) is 8.13. The number of aromatic carboxylic acids is 1. The number of benzene rings is 1. The summed E-state index contributed by atoms with van der Waals surface area (Å²) in [7, 11) is 0. The number of fused-ring (bicyclic) bond motifs is 1. The van der Waals surface area contributed by atoms with E-state index in [1.165, 1.54) is 6.07 Å². The Morgan fingerprint density at radius 1 is 1.20 bits per heavy atom. The van der Waals surface area contributed by atoms with Gasteiger partial charge in [0.2, 0.25) is 5.76 Å². The summed E-state index contributed by atoms with van der Waals surface area (Å²) in [4.78, 5) is 22.3. The second-order valence-corrected chi connectivity index (χ2v) is 6.06. The van der Waals surface area contributed by atoms with E-state index in [9.17, 15) is 4.79 Å². The van der Waals surface area contributed by atoms with Gasteiger partial charge in [0.25, 0.3) is 0 Å². The molecule has 0 saturated heterocycles. The molecule has 0 spiro atoms. The van der Waals surface area contributed by atoms with Crippen LogP contribution in [0.5, 0.6) is 0 Å². The summed E-state index contributed by atoms with van der Waals surface area (Å²) in [5.41, 5.74) is 3.20. The van der Waals surface area contributed by atoms with Gasteiger partial charge >= 0.3 is 5.97 Å². The van der Waals surface area contributed by atoms with Crippen molar-refractivity contribution in [1.82, 2.24) is 14.9 Å². The van der Waals surface area contributed by atoms with E-state index in [0.29, 0.717) is 12.3 Å². The van der Waals surface area contributed by atoms with Crippen molar-refractivity contribution in [1.29, 1.82) is 0 Å². The third kappa shape index (κ3) is 3.29. The number of aromatic nitrogens is 2. The average molecular weight is 335 g/mol. The Morgan fingerprint density at radius 3 is 2.80 bits per heavy atom. The molecule has 1 aromatic carbocycles. The lowest BCUT2D eigenvalue weighted by Crippen LogP contribution is -2.30. The van der Waals surface area contributed by atoms with Crippen LogP contribution in [0.1, 0.15) is 27.6 Å². The maximum atomic E-state index is 10.9. The van der Waals surface area contributed by atoms with Crippen molar-refractivity contribution in [2.24, 2.45) is 0 Å². The zero-order valence-corrected chi connectivity index (χ0v) is 13.6. The van der Waals surface area contributed by atoms with Crippen LogP contribution in [0, 0.1) is 0 Å². The van der Waals surface area contributed by atoms with Gasteiger partial charge in [-0.1, -0.05) is 30.3 Å². The van der Waals surface area contributed by atoms with E-state index in [-0.39, 0.29) is 5.76 Å². The summed E-state index contributed by atoms with van der Waals surface area (Å²) >= 11 is 0. The minimum absolute atomic E-state index is 0.0248. The summed E-state index contributed by atoms with van der Waals surface area (Å²) in [5, 5.41) is 8.93. The van der Waals surface area contributed by atoms with Crippen molar-refractivity contribution >= 4 is 5.97 Å². The van der Waals surface area contributed by atoms with Gasteiger partial charge in [0.05, 0.1) is 12.2 Å². The lowest BCUT2D eigenvalue weighted by Gasteiger charge is -2.27. The molecule has 0 atom stereocenters. The molecule has 2 aromatic heterocycles. The first-order valence-corrected chi connectivity index (χ1v) is 8.13. The van der Waals surface area contributed by atoms with Crippen LogP contribution < -0.4 is 0 Å². The van der Waals surface area contributed by atoms with E-state index in [1.54, 1.807) is 6.07 Å². The number of carboxylic acids is 1. The molecule has 1 aliphatic rings. The molecule has 25 heavy (non-hydrogen) atoms. The molecular formula is C19H17N3O3. The van der Waals surface area contributed by atoms with Gasteiger partial charge in [-0.3, -0.25) is 4.90 Å². The van der Waals surface area contributed by atoms with E-state index < -0.39 is 5.97 Å². The highest BCUT2D eigenvalue weighted by molar-refractivity contribution is 5.84. The standard InChI is InChI=1S/C19H17N3O3/c23-19(24)17-7-6-15(25-17)12-22-9-8-16-14(11-22)10-20-18(21-16)13-4-2-1-3-5-13/h1-7,10H,8-9,11-12H2,(H,23,24). The van der Waals surface area contributed by atoms with Crippen molar-refractivity contribution < 1.29 is 14.3 Å². The lowest BCUT2D eigenvalue weighted by molar-refractivity contribution is 0.0658. The van der Waals surface area contributed by atoms with Crippen LogP contribution in [0.15, 0.2) is 53.1 Å². The summed E-state index contributed by atoms with van der Waals surface area (Å²) in [6.45, 7) is 2.15. The number of nitrogens with zero attached hydrogens (tertiary/aromatic N) is 3. The molecule has 3 heterocycles. The van der Waals surface area contributed by atoms with Crippen molar-refractivity contribution in [2.75, 3.05) is 6.54 Å². The normalized spacial score (nSPS) is 14.2. The number of furan rings is 1. The molecule has 0 saturated carbocycles. The van der Waals surface area contributed by atoms with Gasteiger partial charge in [-0.05, 0) is 12.1 Å². The number of hydrogen-bond acceptors (Lipinski definition) is 5. The highest BCUT2D eigenvalue weighted by Gasteiger charge is 2.20. The third-order valence-electron chi connectivity index (χ3n) is 4.30. The van der Waals surface area contributed by atoms with Crippen LogP contribution in [0.2, 0.25) is 0 Å². The SMILES string of the molecule is O=C(O)c1ccc(CN2CCc3nc(-c4ccccc4)ncc3C2)o1. The molecule has 0 unspecified atom stereocenters. The van der Waals surface area contributed by atoms with E-state index in [2.05, 4.69) is 9.88 Å². The lowest BCUT2D eigenvalue weighted by atomic mass is 10.1. The summed E-state index contributed by atoms with van der Waals surface area (Å²) in [6, 6.07) is 13.2. The van der Waals surface area contributed by atoms with E-state index in [1.807, 2.05) is 36.5 Å². The Morgan fingerprint density at radius 2 is 2.04 bits per heavy atom. The molecule has 126 valence electrons. The molecular weight excluding hydrogens is 318 g/mol. The Bertz CT molecular complexity index is 905. The summed E-state index contributed by atoms with van der Waals surface area (Å²) in [6.07, 6.45) is 2.73. The molecule has 0 bridgehead atoms. The molecule has 6 heteroatoms. The predicted molar refractivity (Wildman–Crippen MR) is 91.0 cm³/mol. The molecule has 1 N–H and O–H groups in total. The highest BCUT2D eigenvalue weighted by atomic mass is 16.4. The number of carbonyl (C=O) groups is 1. The highest BCUT2D eigenvalue weighted by Crippen LogP contribution is 2.22. The topological polar surface area (TPSA) is 79.5 Å². The fraction of sp³-hybridized carbons (Fsp3) is 0.211. The monoisotopic (exact) mass is 335 g/mol. The van der Waals surface area contributed by atoms with Crippen LogP contribution in [0.25, 0.3) is 11.4 Å². The van der Waals surface area contributed by atoms with Gasteiger partial charge in [0, 0.05) is 36.8 Å². The Hall–Kier alpha value is -2.99. The van der Waals surface area contributed by atoms with Crippen LogP contribution in [0.4, 0.5) is 0 Å². The van der Waals surface area contributed by atoms with Crippen molar-refractivity contribution in [3.63, 3.8) is 0 Å². The zero-order valence-electron chi connectivity index (χ0n) is 13.6. The fourth-order valence-electron chi connectivity index (χ4n) is 3.03. The minimum Gasteiger partial charge on any atom is -0.475 e. The second kappa shape index (κ2) is 6.49. The van der Waals surface area contributed by atoms with Crippen LogP contribution in [-0.4, -0.2) is 32.5 Å². The quantitative estimate of drug-likeness (QED) is 0.789. The molecule has 3 aromatic rings. The largest absolute Gasteiger partial charge is 0.475 e. The Labute approximate surface area is 144 Å². The Balaban J connectivity index is 1.49. The fourth-order valence-corrected chi connectivity index (χ4v) is 3.03. The van der Waals surface area contributed by atoms with Crippen molar-refractivity contribution in [3.8, 4) is 11.4 Å². The van der Waals surface area contributed by atoms with E-state index >= 15 is 0 Å². The molecule has 0 amide bonds. The average Bonchev–Trinajstić information content (AvgIpc) is 3.11. The number of carboxylic acid groups (broad SMARTS) is 1. The molecule has 1 aliphatic heterocycles. The predicted octanol–water partition coefficient (Wildman–Crippen LogP) is 2.99. The molecule has 6 nitrogen and oxygen atoms in total. The van der Waals surface area contributed by atoms with Gasteiger partial charge in [-0.15, -0.1) is 0 Å². The maximum Gasteiger partial charge on any atom is 0.371 e. The van der Waals surface area contributed by atoms with Crippen LogP contribution in [0.3, 0.4) is 0 Å². The maximum absolute atomic E-state index is 10.9. The molecule has 0 aliphatic carbocycles. The minimum atomic E-state index is -1.04. The van der Waals surface area contributed by atoms with E-state index in [0.717, 1.165) is 42.2 Å². The van der Waals surface area contributed by atoms with Crippen LogP contribution in [-0.2, 0) is 19.5 Å².